The monoisotopic (exact) mass is 251 g/mol. The van der Waals surface area contributed by atoms with Gasteiger partial charge in [0, 0.05) is 6.07 Å². The maximum Gasteiger partial charge on any atom is 0.422 e. The molecule has 1 rings (SSSR count). The summed E-state index contributed by atoms with van der Waals surface area (Å²) in [5.74, 6) is -1.42. The zero-order valence-corrected chi connectivity index (χ0v) is 8.53. The minimum absolute atomic E-state index is 0.159. The van der Waals surface area contributed by atoms with Crippen LogP contribution < -0.4 is 4.74 Å². The van der Waals surface area contributed by atoms with E-state index < -0.39 is 24.3 Å². The molecule has 0 aliphatic heterocycles. The molecule has 86 valence electrons. The molecule has 0 aliphatic carbocycles. The second-order valence-electron chi connectivity index (χ2n) is 2.72. The van der Waals surface area contributed by atoms with Crippen molar-refractivity contribution in [3.8, 4) is 5.75 Å². The molecule has 0 radical (unpaired) electrons. The van der Waals surface area contributed by atoms with Gasteiger partial charge in [0.25, 0.3) is 0 Å². The molecule has 1 aromatic carbocycles. The summed E-state index contributed by atoms with van der Waals surface area (Å²) in [7, 11) is 0. The lowest BCUT2D eigenvalue weighted by atomic mass is 10.3. The van der Waals surface area contributed by atoms with Crippen molar-refractivity contribution >= 4 is 23.1 Å². The smallest absolute Gasteiger partial charge is 0.422 e. The van der Waals surface area contributed by atoms with Gasteiger partial charge >= 0.3 is 6.18 Å². The number of ether oxygens (including phenoxy) is 1. The van der Waals surface area contributed by atoms with Crippen LogP contribution in [0.25, 0.3) is 0 Å². The first-order chi connectivity index (χ1) is 7.42. The number of aliphatic imine (C=N–C) groups is 1. The average molecular weight is 251 g/mol. The molecule has 0 spiro atoms. The van der Waals surface area contributed by atoms with Crippen LogP contribution in [0.2, 0.25) is 0 Å². The largest absolute Gasteiger partial charge is 0.481 e. The van der Waals surface area contributed by atoms with Crippen molar-refractivity contribution in [3.05, 3.63) is 24.0 Å². The number of hydrogen-bond acceptors (Lipinski definition) is 3. The Balaban J connectivity index is 2.79. The molecule has 0 fully saturated rings. The van der Waals surface area contributed by atoms with Gasteiger partial charge < -0.3 is 4.74 Å². The highest BCUT2D eigenvalue weighted by molar-refractivity contribution is 7.78. The minimum Gasteiger partial charge on any atom is -0.481 e. The Bertz CT molecular complexity index is 426. The van der Waals surface area contributed by atoms with Crippen LogP contribution in [0.5, 0.6) is 5.75 Å². The Morgan fingerprint density at radius 1 is 1.38 bits per heavy atom. The normalized spacial score (nSPS) is 10.8. The van der Waals surface area contributed by atoms with Crippen LogP contribution >= 0.6 is 12.2 Å². The van der Waals surface area contributed by atoms with E-state index in [1.807, 2.05) is 5.16 Å². The molecule has 0 heterocycles. The van der Waals surface area contributed by atoms with E-state index in [9.17, 15) is 17.6 Å². The van der Waals surface area contributed by atoms with Crippen LogP contribution in [0.4, 0.5) is 23.2 Å². The third-order valence-electron chi connectivity index (χ3n) is 1.48. The van der Waals surface area contributed by atoms with Crippen LogP contribution in [0.1, 0.15) is 0 Å². The van der Waals surface area contributed by atoms with Gasteiger partial charge in [-0.25, -0.2) is 4.39 Å². The van der Waals surface area contributed by atoms with E-state index in [0.717, 1.165) is 12.1 Å². The summed E-state index contributed by atoms with van der Waals surface area (Å²) in [4.78, 5) is 3.46. The van der Waals surface area contributed by atoms with E-state index >= 15 is 0 Å². The highest BCUT2D eigenvalue weighted by atomic mass is 32.1. The number of rotatable bonds is 3. The van der Waals surface area contributed by atoms with E-state index in [1.165, 1.54) is 6.07 Å². The molecular formula is C9H5F4NOS. The summed E-state index contributed by atoms with van der Waals surface area (Å²) in [5.41, 5.74) is 0.159. The number of alkyl halides is 3. The van der Waals surface area contributed by atoms with Crippen LogP contribution in [-0.2, 0) is 0 Å². The summed E-state index contributed by atoms with van der Waals surface area (Å²) < 4.78 is 52.7. The number of halogens is 4. The fraction of sp³-hybridized carbons (Fsp3) is 0.222. The Morgan fingerprint density at radius 2 is 2.06 bits per heavy atom. The molecule has 0 aliphatic rings. The number of isothiocyanates is 1. The van der Waals surface area contributed by atoms with Crippen molar-refractivity contribution in [1.29, 1.82) is 0 Å². The molecule has 0 amide bonds. The molecule has 0 unspecified atom stereocenters. The van der Waals surface area contributed by atoms with Gasteiger partial charge in [0.05, 0.1) is 10.8 Å². The lowest BCUT2D eigenvalue weighted by molar-refractivity contribution is -0.153. The Kier molecular flexibility index (Phi) is 3.98. The van der Waals surface area contributed by atoms with E-state index in [1.54, 1.807) is 0 Å². The van der Waals surface area contributed by atoms with Gasteiger partial charge in [0.1, 0.15) is 0 Å². The zero-order valence-electron chi connectivity index (χ0n) is 7.71. The third-order valence-corrected chi connectivity index (χ3v) is 1.57. The van der Waals surface area contributed by atoms with Crippen molar-refractivity contribution in [2.24, 2.45) is 4.99 Å². The van der Waals surface area contributed by atoms with Gasteiger partial charge in [0.15, 0.2) is 18.2 Å². The van der Waals surface area contributed by atoms with Crippen LogP contribution in [0.3, 0.4) is 0 Å². The van der Waals surface area contributed by atoms with Crippen molar-refractivity contribution in [1.82, 2.24) is 0 Å². The van der Waals surface area contributed by atoms with Crippen molar-refractivity contribution < 1.29 is 22.3 Å². The summed E-state index contributed by atoms with van der Waals surface area (Å²) in [5, 5.41) is 2.01. The molecule has 0 aromatic heterocycles. The van der Waals surface area contributed by atoms with Crippen LogP contribution in [0, 0.1) is 5.82 Å². The van der Waals surface area contributed by atoms with Crippen molar-refractivity contribution in [2.45, 2.75) is 6.18 Å². The predicted octanol–water partition coefficient (Wildman–Crippen LogP) is 3.50. The average Bonchev–Trinajstić information content (AvgIpc) is 2.15. The summed E-state index contributed by atoms with van der Waals surface area (Å²) in [6, 6.07) is 3.23. The first-order valence-electron chi connectivity index (χ1n) is 3.99. The lowest BCUT2D eigenvalue weighted by Crippen LogP contribution is -2.19. The second-order valence-corrected chi connectivity index (χ2v) is 2.90. The standard InChI is InChI=1S/C9H5F4NOS/c10-7-3-6(14-5-16)1-2-8(7)15-4-9(11,12)13/h1-3H,4H2. The van der Waals surface area contributed by atoms with Crippen molar-refractivity contribution in [2.75, 3.05) is 6.61 Å². The van der Waals surface area contributed by atoms with Gasteiger partial charge in [-0.1, -0.05) is 0 Å². The number of thiocarbonyl (C=S) groups is 1. The summed E-state index contributed by atoms with van der Waals surface area (Å²) >= 11 is 4.29. The highest BCUT2D eigenvalue weighted by Gasteiger charge is 2.28. The SMILES string of the molecule is Fc1cc(N=C=S)ccc1OCC(F)(F)F. The predicted molar refractivity (Wildman–Crippen MR) is 52.6 cm³/mol. The molecule has 0 N–H and O–H groups in total. The Labute approximate surface area is 93.6 Å². The quantitative estimate of drug-likeness (QED) is 0.466. The summed E-state index contributed by atoms with van der Waals surface area (Å²) in [6.07, 6.45) is -4.50. The molecule has 0 saturated heterocycles. The zero-order chi connectivity index (χ0) is 12.2. The van der Waals surface area contributed by atoms with Crippen LogP contribution in [0.15, 0.2) is 23.2 Å². The Morgan fingerprint density at radius 3 is 2.56 bits per heavy atom. The highest BCUT2D eigenvalue weighted by Crippen LogP contribution is 2.24. The summed E-state index contributed by atoms with van der Waals surface area (Å²) in [6.45, 7) is -1.54. The fourth-order valence-electron chi connectivity index (χ4n) is 0.889. The van der Waals surface area contributed by atoms with E-state index in [-0.39, 0.29) is 5.69 Å². The number of benzene rings is 1. The fourth-order valence-corrected chi connectivity index (χ4v) is 0.994. The molecular weight excluding hydrogens is 246 g/mol. The first-order valence-corrected chi connectivity index (χ1v) is 4.40. The van der Waals surface area contributed by atoms with Crippen LogP contribution in [-0.4, -0.2) is 17.9 Å². The van der Waals surface area contributed by atoms with E-state index in [4.69, 9.17) is 0 Å². The lowest BCUT2D eigenvalue weighted by Gasteiger charge is -2.09. The maximum atomic E-state index is 13.1. The third kappa shape index (κ3) is 3.96. The van der Waals surface area contributed by atoms with Gasteiger partial charge in [0.2, 0.25) is 0 Å². The Hall–Kier alpha value is -1.46. The number of nitrogens with zero attached hydrogens (tertiary/aromatic N) is 1. The molecule has 0 atom stereocenters. The molecule has 0 bridgehead atoms. The minimum atomic E-state index is -4.50. The first kappa shape index (κ1) is 12.6. The van der Waals surface area contributed by atoms with Gasteiger partial charge in [-0.2, -0.15) is 18.2 Å². The number of hydrogen-bond donors (Lipinski definition) is 0. The molecule has 1 aromatic rings. The molecule has 16 heavy (non-hydrogen) atoms. The van der Waals surface area contributed by atoms with Gasteiger partial charge in [-0.15, -0.1) is 0 Å². The van der Waals surface area contributed by atoms with E-state index in [0.29, 0.717) is 0 Å². The molecule has 2 nitrogen and oxygen atoms in total. The topological polar surface area (TPSA) is 21.6 Å². The van der Waals surface area contributed by atoms with Gasteiger partial charge in [-0.3, -0.25) is 0 Å². The molecule has 7 heteroatoms. The molecule has 0 saturated carbocycles. The van der Waals surface area contributed by atoms with E-state index in [2.05, 4.69) is 21.9 Å². The second kappa shape index (κ2) is 5.05. The maximum absolute atomic E-state index is 13.1. The van der Waals surface area contributed by atoms with Gasteiger partial charge in [-0.05, 0) is 24.4 Å². The van der Waals surface area contributed by atoms with Crippen molar-refractivity contribution in [3.63, 3.8) is 0 Å².